The summed E-state index contributed by atoms with van der Waals surface area (Å²) in [6.07, 6.45) is 13.6. The first kappa shape index (κ1) is 21.9. The maximum atomic E-state index is 3.02. The van der Waals surface area contributed by atoms with Crippen LogP contribution in [0.4, 0.5) is 0 Å². The molecular formula is C24H36IP. The predicted octanol–water partition coefficient (Wildman–Crippen LogP) is 8.67. The molecule has 0 bridgehead atoms. The van der Waals surface area contributed by atoms with Crippen LogP contribution in [-0.2, 0) is 12.3 Å². The molecule has 0 amide bonds. The van der Waals surface area contributed by atoms with Crippen molar-refractivity contribution in [3.8, 4) is 0 Å². The molecule has 0 unspecified atom stereocenters. The minimum atomic E-state index is -1.88. The van der Waals surface area contributed by atoms with Crippen molar-refractivity contribution in [1.82, 2.24) is 0 Å². The van der Waals surface area contributed by atoms with E-state index in [1.165, 1.54) is 63.2 Å². The summed E-state index contributed by atoms with van der Waals surface area (Å²) in [6, 6.07) is 22.6. The van der Waals surface area contributed by atoms with Gasteiger partial charge in [0.05, 0.1) is 0 Å². The minimum absolute atomic E-state index is 1.30. The van der Waals surface area contributed by atoms with Gasteiger partial charge in [0.1, 0.15) is 0 Å². The van der Waals surface area contributed by atoms with Crippen LogP contribution in [0.2, 0.25) is 0 Å². The van der Waals surface area contributed by atoms with E-state index in [1.807, 2.05) is 0 Å². The van der Waals surface area contributed by atoms with Gasteiger partial charge in [-0.15, -0.1) is 0 Å². The summed E-state index contributed by atoms with van der Waals surface area (Å²) in [4.78, 5) is 0. The van der Waals surface area contributed by atoms with E-state index < -0.39 is 4.25 Å². The molecule has 0 heterocycles. The molecular weight excluding hydrogens is 446 g/mol. The van der Waals surface area contributed by atoms with E-state index in [0.29, 0.717) is 0 Å². The molecule has 0 nitrogen and oxygen atoms in total. The molecule has 2 aromatic carbocycles. The molecule has 0 aliphatic rings. The number of unbranched alkanes of at least 4 members (excludes halogenated alkanes) is 4. The number of benzene rings is 2. The van der Waals surface area contributed by atoms with Crippen molar-refractivity contribution in [3.05, 3.63) is 71.8 Å². The molecule has 0 saturated heterocycles. The average Bonchev–Trinajstić information content (AvgIpc) is 2.64. The number of hydrogen-bond acceptors (Lipinski definition) is 0. The Hall–Kier alpha value is -0.400. The molecule has 0 fully saturated rings. The zero-order valence-corrected chi connectivity index (χ0v) is 19.7. The molecule has 144 valence electrons. The van der Waals surface area contributed by atoms with Gasteiger partial charge in [-0.3, -0.25) is 0 Å². The molecule has 0 aliphatic carbocycles. The Bertz CT molecular complexity index is 568. The molecule has 0 spiro atoms. The number of halogens is 1. The van der Waals surface area contributed by atoms with Crippen LogP contribution < -0.4 is 0 Å². The Morgan fingerprint density at radius 2 is 1.00 bits per heavy atom. The van der Waals surface area contributed by atoms with E-state index in [0.717, 1.165) is 0 Å². The summed E-state index contributed by atoms with van der Waals surface area (Å²) in [5.41, 5.74) is 3.09. The fourth-order valence-electron chi connectivity index (χ4n) is 4.08. The van der Waals surface area contributed by atoms with Crippen LogP contribution in [0.15, 0.2) is 60.7 Å². The SMILES string of the molecule is CCCCCP(I)(CCCCC)(Cc1ccccc1)Cc1ccccc1. The summed E-state index contributed by atoms with van der Waals surface area (Å²) < 4.78 is -1.88. The van der Waals surface area contributed by atoms with Gasteiger partial charge in [0, 0.05) is 0 Å². The summed E-state index contributed by atoms with van der Waals surface area (Å²) in [5, 5.41) is 0. The Labute approximate surface area is 174 Å². The molecule has 2 aromatic rings. The summed E-state index contributed by atoms with van der Waals surface area (Å²) in [7, 11) is 0. The zero-order chi connectivity index (χ0) is 18.7. The first-order valence-corrected chi connectivity index (χ1v) is 16.1. The average molecular weight is 482 g/mol. The van der Waals surface area contributed by atoms with Crippen LogP contribution in [0.3, 0.4) is 0 Å². The molecule has 0 atom stereocenters. The van der Waals surface area contributed by atoms with Crippen molar-refractivity contribution in [3.63, 3.8) is 0 Å². The molecule has 2 rings (SSSR count). The third kappa shape index (κ3) is 6.97. The van der Waals surface area contributed by atoms with Crippen LogP contribution in [0.5, 0.6) is 0 Å². The van der Waals surface area contributed by atoms with Crippen molar-refractivity contribution >= 4 is 26.3 Å². The molecule has 0 N–H and O–H groups in total. The van der Waals surface area contributed by atoms with Crippen LogP contribution in [0.25, 0.3) is 0 Å². The first-order valence-electron chi connectivity index (χ1n) is 10.4. The quantitative estimate of drug-likeness (QED) is 0.161. The zero-order valence-electron chi connectivity index (χ0n) is 16.7. The van der Waals surface area contributed by atoms with Crippen molar-refractivity contribution < 1.29 is 0 Å². The fraction of sp³-hybridized carbons (Fsp3) is 0.500. The summed E-state index contributed by atoms with van der Waals surface area (Å²) in [5.74, 6) is 0. The third-order valence-electron chi connectivity index (χ3n) is 5.48. The number of rotatable bonds is 12. The van der Waals surface area contributed by atoms with E-state index in [2.05, 4.69) is 96.6 Å². The standard InChI is InChI=1S/C24H36IP/c1-3-5-13-19-26(25,20-14-6-4-2,21-23-15-9-7-10-16-23)22-24-17-11-8-12-18-24/h7-12,15-18H,3-6,13-14,19-22H2,1-2H3. The Kier molecular flexibility index (Phi) is 9.10. The first-order chi connectivity index (χ1) is 12.6. The summed E-state index contributed by atoms with van der Waals surface area (Å²) >= 11 is 3.02. The molecule has 0 aromatic heterocycles. The third-order valence-corrected chi connectivity index (χ3v) is 15.6. The van der Waals surface area contributed by atoms with Crippen LogP contribution >= 0.6 is 26.3 Å². The maximum absolute atomic E-state index is 3.02. The molecule has 2 heteroatoms. The molecule has 0 saturated carbocycles. The molecule has 0 radical (unpaired) electrons. The van der Waals surface area contributed by atoms with E-state index in [9.17, 15) is 0 Å². The van der Waals surface area contributed by atoms with Gasteiger partial charge in [0.2, 0.25) is 0 Å². The van der Waals surface area contributed by atoms with Crippen LogP contribution in [0.1, 0.15) is 63.5 Å². The van der Waals surface area contributed by atoms with Crippen molar-refractivity contribution in [2.45, 2.75) is 64.7 Å². The van der Waals surface area contributed by atoms with E-state index in [1.54, 1.807) is 11.1 Å². The second kappa shape index (κ2) is 10.8. The normalized spacial score (nSPS) is 13.3. The second-order valence-electron chi connectivity index (χ2n) is 7.97. The molecule has 0 aliphatic heterocycles. The van der Waals surface area contributed by atoms with Crippen molar-refractivity contribution in [1.29, 1.82) is 0 Å². The van der Waals surface area contributed by atoms with Gasteiger partial charge in [0.25, 0.3) is 0 Å². The van der Waals surface area contributed by atoms with E-state index >= 15 is 0 Å². The van der Waals surface area contributed by atoms with Gasteiger partial charge in [-0.05, 0) is 0 Å². The van der Waals surface area contributed by atoms with Gasteiger partial charge in [-0.25, -0.2) is 0 Å². The Balaban J connectivity index is 2.34. The topological polar surface area (TPSA) is 0 Å². The van der Waals surface area contributed by atoms with Crippen LogP contribution in [0, 0.1) is 0 Å². The fourth-order valence-corrected chi connectivity index (χ4v) is 13.7. The van der Waals surface area contributed by atoms with Gasteiger partial charge in [-0.2, -0.15) is 0 Å². The second-order valence-corrected chi connectivity index (χ2v) is 21.3. The van der Waals surface area contributed by atoms with Gasteiger partial charge >= 0.3 is 175 Å². The van der Waals surface area contributed by atoms with Gasteiger partial charge in [0.15, 0.2) is 0 Å². The van der Waals surface area contributed by atoms with Crippen LogP contribution in [-0.4, -0.2) is 12.3 Å². The monoisotopic (exact) mass is 482 g/mol. The van der Waals surface area contributed by atoms with E-state index in [-0.39, 0.29) is 0 Å². The summed E-state index contributed by atoms with van der Waals surface area (Å²) in [6.45, 7) is 4.65. The number of hydrogen-bond donors (Lipinski definition) is 0. The van der Waals surface area contributed by atoms with E-state index in [4.69, 9.17) is 0 Å². The Morgan fingerprint density at radius 1 is 0.615 bits per heavy atom. The van der Waals surface area contributed by atoms with Gasteiger partial charge < -0.3 is 0 Å². The van der Waals surface area contributed by atoms with Gasteiger partial charge in [-0.1, -0.05) is 0 Å². The Morgan fingerprint density at radius 3 is 1.35 bits per heavy atom. The predicted molar refractivity (Wildman–Crippen MR) is 130 cm³/mol. The van der Waals surface area contributed by atoms with Crippen molar-refractivity contribution in [2.24, 2.45) is 0 Å². The molecule has 26 heavy (non-hydrogen) atoms. The van der Waals surface area contributed by atoms with Crippen molar-refractivity contribution in [2.75, 3.05) is 12.3 Å².